The maximum atomic E-state index is 4.78. The highest BCUT2D eigenvalue weighted by Gasteiger charge is 1.65. The second kappa shape index (κ2) is 30.3. The topological polar surface area (TPSA) is 9.23 Å². The standard InChI is InChI=1S/C8H12O.2C2H6/c1-3-4-5-6-7-8-9-2;2*1-2/h3-7H,1,8H2,2H3;2*1-2H3/b5-4-,7-6+;;. The van der Waals surface area contributed by atoms with Crippen LogP contribution in [0.1, 0.15) is 27.7 Å². The van der Waals surface area contributed by atoms with Crippen molar-refractivity contribution in [2.75, 3.05) is 13.7 Å². The number of ether oxygens (including phenoxy) is 1. The highest BCUT2D eigenvalue weighted by molar-refractivity contribution is 5.08. The number of rotatable bonds is 4. The molecule has 0 atom stereocenters. The molecule has 78 valence electrons. The summed E-state index contributed by atoms with van der Waals surface area (Å²) in [5.41, 5.74) is 0. The third kappa shape index (κ3) is 35.1. The van der Waals surface area contributed by atoms with Gasteiger partial charge in [-0.3, -0.25) is 0 Å². The highest BCUT2D eigenvalue weighted by atomic mass is 16.5. The molecule has 0 aromatic rings. The van der Waals surface area contributed by atoms with E-state index in [2.05, 4.69) is 6.58 Å². The van der Waals surface area contributed by atoms with Gasteiger partial charge in [0.05, 0.1) is 6.61 Å². The van der Waals surface area contributed by atoms with Crippen molar-refractivity contribution in [2.24, 2.45) is 0 Å². The SMILES string of the molecule is C=C/C=C\C=C\COC.CC.CC. The molecule has 0 unspecified atom stereocenters. The van der Waals surface area contributed by atoms with Gasteiger partial charge in [-0.1, -0.05) is 64.7 Å². The summed E-state index contributed by atoms with van der Waals surface area (Å²) in [6.07, 6.45) is 9.36. The van der Waals surface area contributed by atoms with Gasteiger partial charge < -0.3 is 4.74 Å². The molecular formula is C12H24O. The maximum absolute atomic E-state index is 4.78. The van der Waals surface area contributed by atoms with Crippen molar-refractivity contribution in [3.05, 3.63) is 37.0 Å². The molecule has 0 radical (unpaired) electrons. The largest absolute Gasteiger partial charge is 0.381 e. The number of hydrogen-bond acceptors (Lipinski definition) is 1. The predicted octanol–water partition coefficient (Wildman–Crippen LogP) is 3.98. The Bertz CT molecular complexity index is 112. The lowest BCUT2D eigenvalue weighted by molar-refractivity contribution is 0.234. The number of allylic oxidation sites excluding steroid dienone is 4. The zero-order valence-electron chi connectivity index (χ0n) is 9.71. The fraction of sp³-hybridized carbons (Fsp3) is 0.500. The van der Waals surface area contributed by atoms with Crippen LogP contribution >= 0.6 is 0 Å². The zero-order valence-corrected chi connectivity index (χ0v) is 9.71. The van der Waals surface area contributed by atoms with Crippen molar-refractivity contribution in [3.63, 3.8) is 0 Å². The molecule has 13 heavy (non-hydrogen) atoms. The molecule has 0 N–H and O–H groups in total. The molecule has 0 saturated heterocycles. The molecule has 0 aromatic carbocycles. The van der Waals surface area contributed by atoms with Crippen LogP contribution in [0.25, 0.3) is 0 Å². The van der Waals surface area contributed by atoms with E-state index in [0.29, 0.717) is 6.61 Å². The van der Waals surface area contributed by atoms with Crippen LogP contribution in [-0.2, 0) is 4.74 Å². The van der Waals surface area contributed by atoms with E-state index in [1.54, 1.807) is 13.2 Å². The molecule has 0 aromatic heterocycles. The van der Waals surface area contributed by atoms with Gasteiger partial charge in [0.15, 0.2) is 0 Å². The first-order chi connectivity index (χ1) is 6.41. The fourth-order valence-electron chi connectivity index (χ4n) is 0.373. The minimum atomic E-state index is 0.668. The van der Waals surface area contributed by atoms with Gasteiger partial charge in [0.1, 0.15) is 0 Å². The van der Waals surface area contributed by atoms with E-state index < -0.39 is 0 Å². The Morgan fingerprint density at radius 2 is 1.54 bits per heavy atom. The smallest absolute Gasteiger partial charge is 0.0646 e. The fourth-order valence-corrected chi connectivity index (χ4v) is 0.373. The Morgan fingerprint density at radius 3 is 1.92 bits per heavy atom. The lowest BCUT2D eigenvalue weighted by Gasteiger charge is -1.83. The Hall–Kier alpha value is -0.820. The van der Waals surface area contributed by atoms with E-state index in [0.717, 1.165) is 0 Å². The summed E-state index contributed by atoms with van der Waals surface area (Å²) in [7, 11) is 1.67. The van der Waals surface area contributed by atoms with E-state index in [-0.39, 0.29) is 0 Å². The van der Waals surface area contributed by atoms with Gasteiger partial charge >= 0.3 is 0 Å². The third-order valence-corrected chi connectivity index (χ3v) is 0.757. The first kappa shape index (κ1) is 18.1. The summed E-state index contributed by atoms with van der Waals surface area (Å²) >= 11 is 0. The molecule has 0 aliphatic heterocycles. The average Bonchev–Trinajstić information content (AvgIpc) is 2.24. The van der Waals surface area contributed by atoms with E-state index in [1.165, 1.54) is 0 Å². The maximum Gasteiger partial charge on any atom is 0.0646 e. The lowest BCUT2D eigenvalue weighted by atomic mass is 10.4. The molecular weight excluding hydrogens is 160 g/mol. The van der Waals surface area contributed by atoms with Gasteiger partial charge in [-0.05, 0) is 0 Å². The molecule has 0 saturated carbocycles. The molecule has 1 heteroatoms. The lowest BCUT2D eigenvalue weighted by Crippen LogP contribution is -1.78. The van der Waals surface area contributed by atoms with Crippen LogP contribution in [0.5, 0.6) is 0 Å². The van der Waals surface area contributed by atoms with Gasteiger partial charge in [0, 0.05) is 7.11 Å². The molecule has 0 spiro atoms. The first-order valence-corrected chi connectivity index (χ1v) is 4.85. The molecule has 0 aliphatic carbocycles. The summed E-state index contributed by atoms with van der Waals surface area (Å²) in [6.45, 7) is 12.2. The normalized spacial score (nSPS) is 8.69. The molecule has 0 heterocycles. The summed E-state index contributed by atoms with van der Waals surface area (Å²) in [4.78, 5) is 0. The van der Waals surface area contributed by atoms with Gasteiger partial charge in [-0.25, -0.2) is 0 Å². The van der Waals surface area contributed by atoms with Crippen molar-refractivity contribution < 1.29 is 4.74 Å². The van der Waals surface area contributed by atoms with Crippen molar-refractivity contribution >= 4 is 0 Å². The van der Waals surface area contributed by atoms with Crippen LogP contribution in [0.2, 0.25) is 0 Å². The number of methoxy groups -OCH3 is 1. The van der Waals surface area contributed by atoms with E-state index >= 15 is 0 Å². The molecule has 0 bridgehead atoms. The Labute approximate surface area is 83.8 Å². The second-order valence-electron chi connectivity index (χ2n) is 1.50. The molecule has 0 rings (SSSR count). The minimum absolute atomic E-state index is 0.668. The molecule has 0 amide bonds. The van der Waals surface area contributed by atoms with E-state index in [9.17, 15) is 0 Å². The summed E-state index contributed by atoms with van der Waals surface area (Å²) in [5, 5.41) is 0. The van der Waals surface area contributed by atoms with E-state index in [1.807, 2.05) is 52.0 Å². The van der Waals surface area contributed by atoms with Crippen molar-refractivity contribution in [1.29, 1.82) is 0 Å². The van der Waals surface area contributed by atoms with Gasteiger partial charge in [-0.2, -0.15) is 0 Å². The number of hydrogen-bond donors (Lipinski definition) is 0. The predicted molar refractivity (Wildman–Crippen MR) is 63.0 cm³/mol. The van der Waals surface area contributed by atoms with Gasteiger partial charge in [0.2, 0.25) is 0 Å². The first-order valence-electron chi connectivity index (χ1n) is 4.85. The van der Waals surface area contributed by atoms with Crippen LogP contribution < -0.4 is 0 Å². The summed E-state index contributed by atoms with van der Waals surface area (Å²) < 4.78 is 4.78. The van der Waals surface area contributed by atoms with Gasteiger partial charge in [0.25, 0.3) is 0 Å². The molecule has 1 nitrogen and oxygen atoms in total. The minimum Gasteiger partial charge on any atom is -0.381 e. The van der Waals surface area contributed by atoms with E-state index in [4.69, 9.17) is 4.74 Å². The van der Waals surface area contributed by atoms with Crippen molar-refractivity contribution in [3.8, 4) is 0 Å². The van der Waals surface area contributed by atoms with Crippen LogP contribution in [0.15, 0.2) is 37.0 Å². The Morgan fingerprint density at radius 1 is 1.00 bits per heavy atom. The molecule has 0 aliphatic rings. The third-order valence-electron chi connectivity index (χ3n) is 0.757. The average molecular weight is 184 g/mol. The van der Waals surface area contributed by atoms with Crippen molar-refractivity contribution in [1.82, 2.24) is 0 Å². The van der Waals surface area contributed by atoms with Gasteiger partial charge in [-0.15, -0.1) is 0 Å². The van der Waals surface area contributed by atoms with Crippen molar-refractivity contribution in [2.45, 2.75) is 27.7 Å². The van der Waals surface area contributed by atoms with Crippen LogP contribution in [0.4, 0.5) is 0 Å². The molecule has 0 fully saturated rings. The van der Waals surface area contributed by atoms with Crippen LogP contribution in [0, 0.1) is 0 Å². The summed E-state index contributed by atoms with van der Waals surface area (Å²) in [5.74, 6) is 0. The quantitative estimate of drug-likeness (QED) is 0.600. The monoisotopic (exact) mass is 184 g/mol. The summed E-state index contributed by atoms with van der Waals surface area (Å²) in [6, 6.07) is 0. The van der Waals surface area contributed by atoms with Crippen LogP contribution in [-0.4, -0.2) is 13.7 Å². The van der Waals surface area contributed by atoms with Crippen LogP contribution in [0.3, 0.4) is 0 Å². The Balaban J connectivity index is -0.000000218. The highest BCUT2D eigenvalue weighted by Crippen LogP contribution is 1.77. The second-order valence-corrected chi connectivity index (χ2v) is 1.50. The zero-order chi connectivity index (χ0) is 10.9. The Kier molecular flexibility index (Phi) is 42.2.